The van der Waals surface area contributed by atoms with Gasteiger partial charge in [0.25, 0.3) is 0 Å². The third-order valence-corrected chi connectivity index (χ3v) is 6.95. The van der Waals surface area contributed by atoms with Gasteiger partial charge in [-0.3, -0.25) is 0 Å². The molecular weight excluding hydrogens is 460 g/mol. The summed E-state index contributed by atoms with van der Waals surface area (Å²) in [6.07, 6.45) is -3.07. The van der Waals surface area contributed by atoms with Gasteiger partial charge in [-0.15, -0.1) is 0 Å². The van der Waals surface area contributed by atoms with Gasteiger partial charge in [-0.2, -0.15) is 0 Å². The Morgan fingerprint density at radius 3 is 2.37 bits per heavy atom. The predicted octanol–water partition coefficient (Wildman–Crippen LogP) is -2.84. The Bertz CT molecular complexity index is 765. The van der Waals surface area contributed by atoms with Crippen molar-refractivity contribution in [2.75, 3.05) is 20.2 Å². The highest BCUT2D eigenvalue weighted by molar-refractivity contribution is 5.75. The maximum absolute atomic E-state index is 11.2. The normalized spacial score (nSPS) is 44.3. The van der Waals surface area contributed by atoms with Crippen molar-refractivity contribution in [3.8, 4) is 0 Å². The van der Waals surface area contributed by atoms with E-state index in [4.69, 9.17) is 41.9 Å². The summed E-state index contributed by atoms with van der Waals surface area (Å²) in [5, 5.41) is 35.5. The topological polar surface area (TPSA) is 226 Å². The number of likely N-dealkylation sites (N-methyl/N-ethyl adjacent to an activating group) is 1. The van der Waals surface area contributed by atoms with Gasteiger partial charge >= 0.3 is 0 Å². The van der Waals surface area contributed by atoms with E-state index in [2.05, 4.69) is 10.3 Å². The van der Waals surface area contributed by atoms with E-state index in [9.17, 15) is 15.3 Å². The van der Waals surface area contributed by atoms with Gasteiger partial charge in [0.1, 0.15) is 36.2 Å². The number of hydrogen-bond acceptors (Lipinski definition) is 11. The van der Waals surface area contributed by atoms with E-state index in [1.165, 1.54) is 0 Å². The van der Waals surface area contributed by atoms with Crippen LogP contribution in [-0.2, 0) is 18.9 Å². The molecule has 2 fully saturated rings. The Morgan fingerprint density at radius 2 is 1.80 bits per heavy atom. The molecule has 13 nitrogen and oxygen atoms in total. The first-order valence-electron chi connectivity index (χ1n) is 12.1. The number of rotatable bonds is 8. The number of nitrogens with zero attached hydrogens (tertiary/aromatic N) is 1. The van der Waals surface area contributed by atoms with Gasteiger partial charge in [-0.1, -0.05) is 6.92 Å². The lowest BCUT2D eigenvalue weighted by molar-refractivity contribution is -0.312. The second-order valence-corrected chi connectivity index (χ2v) is 9.84. The summed E-state index contributed by atoms with van der Waals surface area (Å²) in [6, 6.07) is -1.80. The number of guanidine groups is 1. The van der Waals surface area contributed by atoms with Crippen molar-refractivity contribution in [2.45, 2.75) is 93.8 Å². The number of aliphatic hydroxyl groups is 3. The molecule has 2 heterocycles. The molecule has 12 N–H and O–H groups in total. The third-order valence-electron chi connectivity index (χ3n) is 6.95. The molecule has 0 aromatic rings. The molecule has 3 rings (SSSR count). The molecule has 202 valence electrons. The van der Waals surface area contributed by atoms with Crippen molar-refractivity contribution in [1.29, 1.82) is 0 Å². The van der Waals surface area contributed by atoms with Crippen LogP contribution < -0.4 is 28.3 Å². The standard InChI is InChI=1S/C22H42N6O7/c1-4-11-15(29)20(32-9-22(11,2)31)35-18-13(24)7-12(23)17(16(18)30)34-19-14(28-21(25)26)6-5-10(33-19)8-27-3/h5,11-20,27,29-31H,4,6-9,23-24H2,1-3H3,(H4,25,26,28)/t11-,12?,13?,14-,15?,16+,17-,18+,19-,20?,22+/m1/s1. The quantitative estimate of drug-likeness (QED) is 0.124. The summed E-state index contributed by atoms with van der Waals surface area (Å²) in [5.74, 6) is 0.0689. The third kappa shape index (κ3) is 6.42. The fraction of sp³-hybridized carbons (Fsp3) is 0.864. The molecule has 0 spiro atoms. The number of hydrogen-bond donors (Lipinski definition) is 8. The molecule has 0 radical (unpaired) electrons. The minimum atomic E-state index is -1.26. The SMILES string of the molecule is CC[C@@H]1C(O)C(O[C@H]2C(N)CC(N)[C@@H](O[C@H]3OC(CNC)=CC[C@H]3N=C(N)N)[C@@H]2O)OC[C@]1(C)O. The van der Waals surface area contributed by atoms with Gasteiger partial charge in [0.2, 0.25) is 6.29 Å². The molecule has 3 aliphatic rings. The summed E-state index contributed by atoms with van der Waals surface area (Å²) in [5.41, 5.74) is 22.6. The van der Waals surface area contributed by atoms with Gasteiger partial charge < -0.3 is 62.5 Å². The lowest BCUT2D eigenvalue weighted by atomic mass is 9.80. The number of ether oxygens (including phenoxy) is 4. The van der Waals surface area contributed by atoms with E-state index < -0.39 is 66.6 Å². The average Bonchev–Trinajstić information content (AvgIpc) is 2.77. The minimum absolute atomic E-state index is 0.0264. The Morgan fingerprint density at radius 1 is 1.17 bits per heavy atom. The summed E-state index contributed by atoms with van der Waals surface area (Å²) in [7, 11) is 1.79. The van der Waals surface area contributed by atoms with Crippen molar-refractivity contribution >= 4 is 5.96 Å². The molecule has 1 saturated carbocycles. The second kappa shape index (κ2) is 11.7. The Hall–Kier alpha value is -1.55. The van der Waals surface area contributed by atoms with Crippen LogP contribution in [0, 0.1) is 5.92 Å². The lowest BCUT2D eigenvalue weighted by Crippen LogP contribution is -2.66. The molecular formula is C22H42N6O7. The van der Waals surface area contributed by atoms with Gasteiger partial charge in [0.05, 0.1) is 18.8 Å². The van der Waals surface area contributed by atoms with Crippen LogP contribution >= 0.6 is 0 Å². The fourth-order valence-electron chi connectivity index (χ4n) is 5.11. The van der Waals surface area contributed by atoms with Crippen LogP contribution in [0.25, 0.3) is 0 Å². The van der Waals surface area contributed by atoms with Gasteiger partial charge in [0, 0.05) is 18.0 Å². The van der Waals surface area contributed by atoms with Crippen molar-refractivity contribution in [2.24, 2.45) is 33.8 Å². The van der Waals surface area contributed by atoms with Crippen molar-refractivity contribution in [3.05, 3.63) is 11.8 Å². The molecule has 11 atom stereocenters. The second-order valence-electron chi connectivity index (χ2n) is 9.84. The molecule has 4 unspecified atom stereocenters. The average molecular weight is 503 g/mol. The van der Waals surface area contributed by atoms with E-state index in [1.807, 2.05) is 13.0 Å². The summed E-state index contributed by atoms with van der Waals surface area (Å²) >= 11 is 0. The molecule has 2 aliphatic heterocycles. The zero-order chi connectivity index (χ0) is 25.9. The first kappa shape index (κ1) is 28.0. The predicted molar refractivity (Wildman–Crippen MR) is 128 cm³/mol. The van der Waals surface area contributed by atoms with E-state index in [-0.39, 0.29) is 19.0 Å². The summed E-state index contributed by atoms with van der Waals surface area (Å²) < 4.78 is 23.7. The maximum atomic E-state index is 11.2. The van der Waals surface area contributed by atoms with E-state index in [0.717, 1.165) is 0 Å². The zero-order valence-electron chi connectivity index (χ0n) is 20.6. The molecule has 1 saturated heterocycles. The van der Waals surface area contributed by atoms with E-state index in [1.54, 1.807) is 14.0 Å². The van der Waals surface area contributed by atoms with E-state index >= 15 is 0 Å². The monoisotopic (exact) mass is 502 g/mol. The molecule has 1 aliphatic carbocycles. The first-order chi connectivity index (χ1) is 16.5. The molecule has 0 aromatic carbocycles. The van der Waals surface area contributed by atoms with Gasteiger partial charge in [0.15, 0.2) is 12.2 Å². The summed E-state index contributed by atoms with van der Waals surface area (Å²) in [6.45, 7) is 3.92. The van der Waals surface area contributed by atoms with Crippen LogP contribution in [0.4, 0.5) is 0 Å². The molecule has 35 heavy (non-hydrogen) atoms. The smallest absolute Gasteiger partial charge is 0.222 e. The number of nitrogens with two attached hydrogens (primary N) is 4. The summed E-state index contributed by atoms with van der Waals surface area (Å²) in [4.78, 5) is 4.20. The van der Waals surface area contributed by atoms with Crippen molar-refractivity contribution < 1.29 is 34.3 Å². The molecule has 13 heteroatoms. The number of aliphatic hydroxyl groups excluding tert-OH is 2. The van der Waals surface area contributed by atoms with Crippen LogP contribution in [0.3, 0.4) is 0 Å². The van der Waals surface area contributed by atoms with Crippen LogP contribution in [-0.4, -0.2) is 102 Å². The number of aliphatic imine (C=N–C) groups is 1. The minimum Gasteiger partial charge on any atom is -0.466 e. The largest absolute Gasteiger partial charge is 0.466 e. The van der Waals surface area contributed by atoms with Crippen LogP contribution in [0.1, 0.15) is 33.1 Å². The zero-order valence-corrected chi connectivity index (χ0v) is 20.6. The molecule has 0 aromatic heterocycles. The fourth-order valence-corrected chi connectivity index (χ4v) is 5.11. The molecule has 0 amide bonds. The van der Waals surface area contributed by atoms with Gasteiger partial charge in [-0.05, 0) is 39.3 Å². The van der Waals surface area contributed by atoms with E-state index in [0.29, 0.717) is 25.1 Å². The Kier molecular flexibility index (Phi) is 9.34. The highest BCUT2D eigenvalue weighted by atomic mass is 16.7. The van der Waals surface area contributed by atoms with Crippen LogP contribution in [0.2, 0.25) is 0 Å². The highest BCUT2D eigenvalue weighted by Gasteiger charge is 2.50. The Balaban J connectivity index is 1.75. The first-order valence-corrected chi connectivity index (χ1v) is 12.1. The highest BCUT2D eigenvalue weighted by Crippen LogP contribution is 2.35. The maximum Gasteiger partial charge on any atom is 0.222 e. The van der Waals surface area contributed by atoms with Crippen molar-refractivity contribution in [3.63, 3.8) is 0 Å². The van der Waals surface area contributed by atoms with Crippen molar-refractivity contribution in [1.82, 2.24) is 5.32 Å². The van der Waals surface area contributed by atoms with Gasteiger partial charge in [-0.25, -0.2) is 4.99 Å². The molecule has 0 bridgehead atoms. The van der Waals surface area contributed by atoms with Crippen LogP contribution in [0.5, 0.6) is 0 Å². The van der Waals surface area contributed by atoms with Crippen LogP contribution in [0.15, 0.2) is 16.8 Å². The Labute approximate surface area is 205 Å². The number of nitrogens with one attached hydrogen (secondary N) is 1. The lowest BCUT2D eigenvalue weighted by Gasteiger charge is -2.48.